The van der Waals surface area contributed by atoms with Crippen LogP contribution in [0.4, 0.5) is 4.39 Å². The first-order chi connectivity index (χ1) is 9.52. The Bertz CT molecular complexity index is 444. The number of halogens is 2. The van der Waals surface area contributed by atoms with Crippen LogP contribution in [0.25, 0.3) is 0 Å². The number of ether oxygens (including phenoxy) is 1. The van der Waals surface area contributed by atoms with Gasteiger partial charge in [0.25, 0.3) is 0 Å². The van der Waals surface area contributed by atoms with E-state index in [0.717, 1.165) is 44.6 Å². The summed E-state index contributed by atoms with van der Waals surface area (Å²) in [6, 6.07) is 5.72. The van der Waals surface area contributed by atoms with Crippen molar-refractivity contribution in [2.24, 2.45) is 5.41 Å². The lowest BCUT2D eigenvalue weighted by Gasteiger charge is -2.38. The van der Waals surface area contributed by atoms with Crippen molar-refractivity contribution in [1.82, 2.24) is 5.32 Å². The summed E-state index contributed by atoms with van der Waals surface area (Å²) in [6.07, 6.45) is 3.04. The van der Waals surface area contributed by atoms with E-state index in [1.54, 1.807) is 6.07 Å². The summed E-state index contributed by atoms with van der Waals surface area (Å²) in [6.45, 7) is 6.79. The monoisotopic (exact) mass is 343 g/mol. The lowest BCUT2D eigenvalue weighted by molar-refractivity contribution is -0.00813. The zero-order valence-electron chi connectivity index (χ0n) is 12.2. The molecular weight excluding hydrogens is 321 g/mol. The molecule has 0 amide bonds. The van der Waals surface area contributed by atoms with E-state index in [0.29, 0.717) is 10.5 Å². The predicted octanol–water partition coefficient (Wildman–Crippen LogP) is 3.93. The molecule has 1 atom stereocenters. The zero-order chi connectivity index (χ0) is 14.6. The Labute approximate surface area is 129 Å². The van der Waals surface area contributed by atoms with Crippen molar-refractivity contribution in [3.05, 3.63) is 34.1 Å². The molecule has 0 saturated carbocycles. The van der Waals surface area contributed by atoms with Gasteiger partial charge in [0.2, 0.25) is 0 Å². The maximum atomic E-state index is 13.7. The summed E-state index contributed by atoms with van der Waals surface area (Å²) >= 11 is 3.37. The average molecular weight is 344 g/mol. The molecule has 0 aliphatic carbocycles. The molecule has 2 nitrogen and oxygen atoms in total. The molecule has 1 unspecified atom stereocenters. The highest BCUT2D eigenvalue weighted by Crippen LogP contribution is 2.35. The Balaban J connectivity index is 2.16. The maximum absolute atomic E-state index is 13.7. The van der Waals surface area contributed by atoms with Gasteiger partial charge in [-0.2, -0.15) is 0 Å². The minimum absolute atomic E-state index is 0.0683. The Morgan fingerprint density at radius 2 is 2.25 bits per heavy atom. The second-order valence-corrected chi connectivity index (χ2v) is 6.87. The van der Waals surface area contributed by atoms with E-state index in [4.69, 9.17) is 4.74 Å². The lowest BCUT2D eigenvalue weighted by atomic mass is 9.77. The first-order valence-electron chi connectivity index (χ1n) is 7.26. The highest BCUT2D eigenvalue weighted by molar-refractivity contribution is 9.10. The first-order valence-corrected chi connectivity index (χ1v) is 8.06. The van der Waals surface area contributed by atoms with Crippen molar-refractivity contribution in [1.29, 1.82) is 0 Å². The summed E-state index contributed by atoms with van der Waals surface area (Å²) in [5.74, 6) is -0.189. The summed E-state index contributed by atoms with van der Waals surface area (Å²) in [5.41, 5.74) is 1.10. The van der Waals surface area contributed by atoms with Crippen LogP contribution in [0.5, 0.6) is 0 Å². The van der Waals surface area contributed by atoms with Crippen LogP contribution in [0.2, 0.25) is 0 Å². The van der Waals surface area contributed by atoms with Gasteiger partial charge in [0.05, 0.1) is 11.1 Å². The van der Waals surface area contributed by atoms with E-state index in [-0.39, 0.29) is 11.2 Å². The fourth-order valence-corrected chi connectivity index (χ4v) is 3.17. The smallest absolute Gasteiger partial charge is 0.137 e. The molecule has 0 spiro atoms. The standard InChI is InChI=1S/C16H23BrFNO/c1-12(2)19-10-16(7-4-8-20-11-16)9-13-5-3-6-14(18)15(13)17/h3,5-6,12,19H,4,7-11H2,1-2H3. The van der Waals surface area contributed by atoms with Gasteiger partial charge in [-0.15, -0.1) is 0 Å². The van der Waals surface area contributed by atoms with Crippen molar-refractivity contribution >= 4 is 15.9 Å². The van der Waals surface area contributed by atoms with Gasteiger partial charge in [0, 0.05) is 24.6 Å². The molecule has 1 aromatic rings. The second kappa shape index (κ2) is 7.01. The van der Waals surface area contributed by atoms with Crippen LogP contribution in [0.1, 0.15) is 32.3 Å². The van der Waals surface area contributed by atoms with Gasteiger partial charge in [-0.3, -0.25) is 0 Å². The van der Waals surface area contributed by atoms with E-state index in [1.807, 2.05) is 6.07 Å². The normalized spacial score (nSPS) is 23.2. The van der Waals surface area contributed by atoms with Gasteiger partial charge >= 0.3 is 0 Å². The quantitative estimate of drug-likeness (QED) is 0.874. The van der Waals surface area contributed by atoms with Gasteiger partial charge in [0.1, 0.15) is 5.82 Å². The average Bonchev–Trinajstić information content (AvgIpc) is 2.43. The Morgan fingerprint density at radius 1 is 1.45 bits per heavy atom. The SMILES string of the molecule is CC(C)NCC1(Cc2cccc(F)c2Br)CCCOC1. The second-order valence-electron chi connectivity index (χ2n) is 6.08. The van der Waals surface area contributed by atoms with Crippen molar-refractivity contribution in [3.63, 3.8) is 0 Å². The molecule has 1 aliphatic rings. The molecule has 0 bridgehead atoms. The molecule has 1 heterocycles. The Hall–Kier alpha value is -0.450. The van der Waals surface area contributed by atoms with Crippen molar-refractivity contribution < 1.29 is 9.13 Å². The summed E-state index contributed by atoms with van der Waals surface area (Å²) < 4.78 is 20.0. The maximum Gasteiger partial charge on any atom is 0.137 e. The fraction of sp³-hybridized carbons (Fsp3) is 0.625. The summed E-state index contributed by atoms with van der Waals surface area (Å²) in [7, 11) is 0. The van der Waals surface area contributed by atoms with Crippen molar-refractivity contribution in [2.45, 2.75) is 39.2 Å². The number of nitrogens with one attached hydrogen (secondary N) is 1. The number of benzene rings is 1. The van der Waals surface area contributed by atoms with Gasteiger partial charge in [0.15, 0.2) is 0 Å². The van der Waals surface area contributed by atoms with Crippen LogP contribution < -0.4 is 5.32 Å². The van der Waals surface area contributed by atoms with Crippen molar-refractivity contribution in [3.8, 4) is 0 Å². The Morgan fingerprint density at radius 3 is 2.90 bits per heavy atom. The van der Waals surface area contributed by atoms with Crippen LogP contribution in [0.3, 0.4) is 0 Å². The minimum atomic E-state index is -0.189. The third-order valence-corrected chi connectivity index (χ3v) is 4.77. The Kier molecular flexibility index (Phi) is 5.58. The van der Waals surface area contributed by atoms with E-state index in [2.05, 4.69) is 35.1 Å². The van der Waals surface area contributed by atoms with Gasteiger partial charge in [-0.25, -0.2) is 4.39 Å². The molecule has 1 aromatic carbocycles. The van der Waals surface area contributed by atoms with Crippen LogP contribution in [0.15, 0.2) is 22.7 Å². The molecule has 4 heteroatoms. The third kappa shape index (κ3) is 4.03. The highest BCUT2D eigenvalue weighted by atomic mass is 79.9. The molecular formula is C16H23BrFNO. The first kappa shape index (κ1) is 15.9. The van der Waals surface area contributed by atoms with E-state index < -0.39 is 0 Å². The topological polar surface area (TPSA) is 21.3 Å². The molecule has 20 heavy (non-hydrogen) atoms. The minimum Gasteiger partial charge on any atom is -0.381 e. The third-order valence-electron chi connectivity index (χ3n) is 3.89. The predicted molar refractivity (Wildman–Crippen MR) is 83.4 cm³/mol. The lowest BCUT2D eigenvalue weighted by Crippen LogP contribution is -2.44. The highest BCUT2D eigenvalue weighted by Gasteiger charge is 2.33. The molecule has 1 saturated heterocycles. The molecule has 0 aromatic heterocycles. The molecule has 1 N–H and O–H groups in total. The van der Waals surface area contributed by atoms with Crippen LogP contribution in [-0.4, -0.2) is 25.8 Å². The fourth-order valence-electron chi connectivity index (χ4n) is 2.76. The molecule has 1 fully saturated rings. The molecule has 1 aliphatic heterocycles. The summed E-state index contributed by atoms with van der Waals surface area (Å²) in [5, 5.41) is 3.52. The van der Waals surface area contributed by atoms with Crippen LogP contribution in [0, 0.1) is 11.2 Å². The number of hydrogen-bond donors (Lipinski definition) is 1. The molecule has 0 radical (unpaired) electrons. The van der Waals surface area contributed by atoms with E-state index in [1.165, 1.54) is 6.07 Å². The van der Waals surface area contributed by atoms with Crippen LogP contribution in [-0.2, 0) is 11.2 Å². The van der Waals surface area contributed by atoms with Gasteiger partial charge in [-0.1, -0.05) is 26.0 Å². The van der Waals surface area contributed by atoms with E-state index >= 15 is 0 Å². The molecule has 2 rings (SSSR count). The zero-order valence-corrected chi connectivity index (χ0v) is 13.8. The van der Waals surface area contributed by atoms with Gasteiger partial charge < -0.3 is 10.1 Å². The molecule has 112 valence electrons. The number of rotatable bonds is 5. The number of hydrogen-bond acceptors (Lipinski definition) is 2. The van der Waals surface area contributed by atoms with E-state index in [9.17, 15) is 4.39 Å². The van der Waals surface area contributed by atoms with Crippen molar-refractivity contribution in [2.75, 3.05) is 19.8 Å². The van der Waals surface area contributed by atoms with Crippen LogP contribution >= 0.6 is 15.9 Å². The largest absolute Gasteiger partial charge is 0.381 e. The van der Waals surface area contributed by atoms with Gasteiger partial charge in [-0.05, 0) is 46.8 Å². The summed E-state index contributed by atoms with van der Waals surface area (Å²) in [4.78, 5) is 0.